The number of ether oxygens (including phenoxy) is 1. The third kappa shape index (κ3) is 9.61. The highest BCUT2D eigenvalue weighted by atomic mass is 31.2. The molecule has 4 nitrogen and oxygen atoms in total. The van der Waals surface area contributed by atoms with E-state index in [1.165, 1.54) is 32.1 Å². The maximum Gasteiger partial charge on any atom is 0.333 e. The second-order valence-corrected chi connectivity index (χ2v) is 8.55. The van der Waals surface area contributed by atoms with Gasteiger partial charge in [-0.3, -0.25) is 4.57 Å². The quantitative estimate of drug-likeness (QED) is 0.454. The lowest BCUT2D eigenvalue weighted by atomic mass is 10.1. The van der Waals surface area contributed by atoms with Crippen LogP contribution in [0.25, 0.3) is 0 Å². The molecule has 0 aliphatic heterocycles. The molecule has 0 amide bonds. The summed E-state index contributed by atoms with van der Waals surface area (Å²) in [6.07, 6.45) is 7.40. The van der Waals surface area contributed by atoms with E-state index in [0.717, 1.165) is 6.42 Å². The minimum absolute atomic E-state index is 0.181. The third-order valence-corrected chi connectivity index (χ3v) is 5.21. The molecule has 0 fully saturated rings. The van der Waals surface area contributed by atoms with E-state index in [2.05, 4.69) is 6.92 Å². The standard InChI is InChI=1S/C14H31O4P/c1-5-6-7-8-9-10-11-17-12-13-18-19(15,16)14(2,3)4/h5-13H2,1-4H3,(H,15,16). The molecule has 0 aromatic heterocycles. The van der Waals surface area contributed by atoms with Gasteiger partial charge in [0.1, 0.15) is 0 Å². The van der Waals surface area contributed by atoms with Gasteiger partial charge in [0.05, 0.1) is 18.4 Å². The second kappa shape index (κ2) is 9.93. The van der Waals surface area contributed by atoms with Crippen LogP contribution in [-0.4, -0.2) is 29.9 Å². The van der Waals surface area contributed by atoms with Crippen LogP contribution in [0.3, 0.4) is 0 Å². The first-order chi connectivity index (χ1) is 8.81. The molecule has 0 heterocycles. The maximum atomic E-state index is 11.7. The van der Waals surface area contributed by atoms with Crippen molar-refractivity contribution in [1.29, 1.82) is 0 Å². The normalized spacial score (nSPS) is 15.4. The van der Waals surface area contributed by atoms with Gasteiger partial charge in [0.15, 0.2) is 0 Å². The first-order valence-electron chi connectivity index (χ1n) is 7.36. The van der Waals surface area contributed by atoms with Gasteiger partial charge in [-0.1, -0.05) is 39.0 Å². The molecule has 0 aromatic carbocycles. The Bertz CT molecular complexity index is 261. The summed E-state index contributed by atoms with van der Waals surface area (Å²) >= 11 is 0. The van der Waals surface area contributed by atoms with Crippen LogP contribution in [0.2, 0.25) is 0 Å². The average Bonchev–Trinajstić information content (AvgIpc) is 2.30. The molecule has 0 bridgehead atoms. The molecule has 1 unspecified atom stereocenters. The first kappa shape index (κ1) is 19.1. The highest BCUT2D eigenvalue weighted by Crippen LogP contribution is 2.54. The Labute approximate surface area is 118 Å². The zero-order valence-electron chi connectivity index (χ0n) is 13.0. The van der Waals surface area contributed by atoms with Gasteiger partial charge in [-0.05, 0) is 27.2 Å². The highest BCUT2D eigenvalue weighted by molar-refractivity contribution is 7.54. The molecule has 0 spiro atoms. The Kier molecular flexibility index (Phi) is 9.98. The zero-order valence-corrected chi connectivity index (χ0v) is 13.9. The van der Waals surface area contributed by atoms with Crippen molar-refractivity contribution in [3.63, 3.8) is 0 Å². The fourth-order valence-corrected chi connectivity index (χ4v) is 2.21. The number of rotatable bonds is 11. The van der Waals surface area contributed by atoms with Crippen molar-refractivity contribution in [1.82, 2.24) is 0 Å². The zero-order chi connectivity index (χ0) is 14.8. The predicted octanol–water partition coefficient (Wildman–Crippen LogP) is 4.36. The van der Waals surface area contributed by atoms with Gasteiger partial charge in [0.2, 0.25) is 0 Å². The van der Waals surface area contributed by atoms with Gasteiger partial charge in [-0.25, -0.2) is 0 Å². The van der Waals surface area contributed by atoms with Gasteiger partial charge < -0.3 is 14.2 Å². The molecule has 0 saturated carbocycles. The topological polar surface area (TPSA) is 55.8 Å². The first-order valence-corrected chi connectivity index (χ1v) is 8.94. The van der Waals surface area contributed by atoms with E-state index in [0.29, 0.717) is 13.2 Å². The van der Waals surface area contributed by atoms with Crippen LogP contribution in [0.5, 0.6) is 0 Å². The van der Waals surface area contributed by atoms with E-state index >= 15 is 0 Å². The Balaban J connectivity index is 3.39. The smallest absolute Gasteiger partial charge is 0.333 e. The van der Waals surface area contributed by atoms with E-state index in [4.69, 9.17) is 9.26 Å². The van der Waals surface area contributed by atoms with Gasteiger partial charge in [-0.2, -0.15) is 0 Å². The number of unbranched alkanes of at least 4 members (excludes halogenated alkanes) is 5. The van der Waals surface area contributed by atoms with Crippen molar-refractivity contribution < 1.29 is 18.7 Å². The molecule has 0 radical (unpaired) electrons. The molecule has 1 N–H and O–H groups in total. The van der Waals surface area contributed by atoms with Crippen LogP contribution >= 0.6 is 7.60 Å². The predicted molar refractivity (Wildman–Crippen MR) is 79.7 cm³/mol. The van der Waals surface area contributed by atoms with Gasteiger partial charge in [0.25, 0.3) is 0 Å². The van der Waals surface area contributed by atoms with Crippen molar-refractivity contribution in [3.05, 3.63) is 0 Å². The lowest BCUT2D eigenvalue weighted by molar-refractivity contribution is 0.0904. The van der Waals surface area contributed by atoms with Crippen molar-refractivity contribution in [2.45, 2.75) is 71.4 Å². The summed E-state index contributed by atoms with van der Waals surface area (Å²) in [6.45, 7) is 8.58. The van der Waals surface area contributed by atoms with Crippen molar-refractivity contribution in [2.24, 2.45) is 0 Å². The molecule has 19 heavy (non-hydrogen) atoms. The summed E-state index contributed by atoms with van der Waals surface area (Å²) in [5.74, 6) is 0. The summed E-state index contributed by atoms with van der Waals surface area (Å²) in [4.78, 5) is 9.65. The largest absolute Gasteiger partial charge is 0.379 e. The molecule has 0 saturated heterocycles. The molecular formula is C14H31O4P. The molecular weight excluding hydrogens is 263 g/mol. The monoisotopic (exact) mass is 294 g/mol. The van der Waals surface area contributed by atoms with E-state index < -0.39 is 12.8 Å². The van der Waals surface area contributed by atoms with E-state index in [1.54, 1.807) is 20.8 Å². The average molecular weight is 294 g/mol. The van der Waals surface area contributed by atoms with E-state index in [-0.39, 0.29) is 6.61 Å². The molecule has 0 rings (SSSR count). The summed E-state index contributed by atoms with van der Waals surface area (Å²) in [6, 6.07) is 0. The fraction of sp³-hybridized carbons (Fsp3) is 1.00. The van der Waals surface area contributed by atoms with Gasteiger partial charge in [0, 0.05) is 6.61 Å². The summed E-state index contributed by atoms with van der Waals surface area (Å²) in [5.41, 5.74) is 0. The van der Waals surface area contributed by atoms with Crippen molar-refractivity contribution >= 4 is 7.60 Å². The second-order valence-electron chi connectivity index (χ2n) is 5.90. The molecule has 0 aliphatic carbocycles. The van der Waals surface area contributed by atoms with E-state index in [1.807, 2.05) is 0 Å². The van der Waals surface area contributed by atoms with Crippen molar-refractivity contribution in [3.8, 4) is 0 Å². The lowest BCUT2D eigenvalue weighted by Crippen LogP contribution is -2.18. The molecule has 1 atom stereocenters. The van der Waals surface area contributed by atoms with Crippen LogP contribution in [-0.2, 0) is 13.8 Å². The molecule has 5 heteroatoms. The Morgan fingerprint density at radius 3 is 2.11 bits per heavy atom. The van der Waals surface area contributed by atoms with Crippen molar-refractivity contribution in [2.75, 3.05) is 19.8 Å². The number of hydrogen-bond acceptors (Lipinski definition) is 3. The minimum atomic E-state index is -3.53. The summed E-state index contributed by atoms with van der Waals surface area (Å²) in [5, 5.41) is -0.730. The Hall–Kier alpha value is 0.110. The highest BCUT2D eigenvalue weighted by Gasteiger charge is 2.35. The summed E-state index contributed by atoms with van der Waals surface area (Å²) in [7, 11) is -3.53. The van der Waals surface area contributed by atoms with E-state index in [9.17, 15) is 9.46 Å². The lowest BCUT2D eigenvalue weighted by Gasteiger charge is -2.24. The Morgan fingerprint density at radius 2 is 1.53 bits per heavy atom. The van der Waals surface area contributed by atoms with Crippen LogP contribution in [0.4, 0.5) is 0 Å². The molecule has 0 aliphatic rings. The third-order valence-electron chi connectivity index (χ3n) is 2.98. The fourth-order valence-electron chi connectivity index (χ4n) is 1.50. The Morgan fingerprint density at radius 1 is 0.947 bits per heavy atom. The van der Waals surface area contributed by atoms with Crippen LogP contribution < -0.4 is 0 Å². The van der Waals surface area contributed by atoms with Crippen LogP contribution in [0.15, 0.2) is 0 Å². The summed E-state index contributed by atoms with van der Waals surface area (Å²) < 4.78 is 22.2. The molecule has 0 aromatic rings. The van der Waals surface area contributed by atoms with Crippen LogP contribution in [0.1, 0.15) is 66.2 Å². The minimum Gasteiger partial charge on any atom is -0.379 e. The van der Waals surface area contributed by atoms with Gasteiger partial charge in [-0.15, -0.1) is 0 Å². The van der Waals surface area contributed by atoms with Crippen LogP contribution in [0, 0.1) is 0 Å². The SMILES string of the molecule is CCCCCCCCOCCOP(=O)(O)C(C)(C)C. The van der Waals surface area contributed by atoms with Gasteiger partial charge >= 0.3 is 7.60 Å². The number of hydrogen-bond donors (Lipinski definition) is 1. The maximum absolute atomic E-state index is 11.7. The molecule has 116 valence electrons.